The highest BCUT2D eigenvalue weighted by Gasteiger charge is 2.26. The van der Waals surface area contributed by atoms with E-state index < -0.39 is 14.9 Å². The summed E-state index contributed by atoms with van der Waals surface area (Å²) in [7, 11) is -3.77. The Morgan fingerprint density at radius 3 is 2.46 bits per heavy atom. The third-order valence-corrected chi connectivity index (χ3v) is 6.06. The maximum atomic E-state index is 12.6. The molecule has 0 aliphatic rings. The number of rotatable bonds is 8. The fourth-order valence-corrected chi connectivity index (χ4v) is 4.08. The number of hydrogen-bond acceptors (Lipinski definition) is 6. The van der Waals surface area contributed by atoms with Crippen LogP contribution < -0.4 is 5.32 Å². The summed E-state index contributed by atoms with van der Waals surface area (Å²) in [5.41, 5.74) is 0.675. The largest absolute Gasteiger partial charge is 0.371 e. The SMILES string of the molecule is CCN(CC)S(=O)(=O)c1ccc(NC(C)c2ccccn2)c([N+](=O)[O-])c1. The molecule has 0 aliphatic carbocycles. The van der Waals surface area contributed by atoms with Crippen molar-refractivity contribution in [3.63, 3.8) is 0 Å². The van der Waals surface area contributed by atoms with E-state index in [1.54, 1.807) is 26.1 Å². The van der Waals surface area contributed by atoms with Crippen molar-refractivity contribution < 1.29 is 13.3 Å². The quantitative estimate of drug-likeness (QED) is 0.558. The molecule has 0 bridgehead atoms. The summed E-state index contributed by atoms with van der Waals surface area (Å²) in [6.45, 7) is 5.86. The minimum Gasteiger partial charge on any atom is -0.371 e. The van der Waals surface area contributed by atoms with Gasteiger partial charge in [0.15, 0.2) is 0 Å². The molecular formula is C17H22N4O4S. The summed E-state index contributed by atoms with van der Waals surface area (Å²) in [5, 5.41) is 14.5. The number of nitrogens with one attached hydrogen (secondary N) is 1. The molecule has 1 aromatic carbocycles. The molecule has 1 unspecified atom stereocenters. The molecule has 1 N–H and O–H groups in total. The molecule has 1 aromatic heterocycles. The van der Waals surface area contributed by atoms with E-state index in [-0.39, 0.29) is 22.3 Å². The van der Waals surface area contributed by atoms with E-state index in [4.69, 9.17) is 0 Å². The van der Waals surface area contributed by atoms with Crippen LogP contribution in [-0.2, 0) is 10.0 Å². The van der Waals surface area contributed by atoms with Gasteiger partial charge in [0.25, 0.3) is 5.69 Å². The van der Waals surface area contributed by atoms with Crippen molar-refractivity contribution in [1.82, 2.24) is 9.29 Å². The molecule has 0 spiro atoms. The molecule has 2 aromatic rings. The van der Waals surface area contributed by atoms with E-state index in [0.717, 1.165) is 11.8 Å². The summed E-state index contributed by atoms with van der Waals surface area (Å²) in [6, 6.07) is 9.05. The molecule has 140 valence electrons. The van der Waals surface area contributed by atoms with Crippen molar-refractivity contribution in [2.24, 2.45) is 0 Å². The second-order valence-corrected chi connectivity index (χ2v) is 7.58. The Morgan fingerprint density at radius 1 is 1.23 bits per heavy atom. The zero-order chi connectivity index (χ0) is 19.3. The summed E-state index contributed by atoms with van der Waals surface area (Å²) >= 11 is 0. The van der Waals surface area contributed by atoms with E-state index in [0.29, 0.717) is 13.1 Å². The zero-order valence-corrected chi connectivity index (χ0v) is 15.7. The topological polar surface area (TPSA) is 105 Å². The van der Waals surface area contributed by atoms with Crippen LogP contribution in [-0.4, -0.2) is 35.7 Å². The van der Waals surface area contributed by atoms with Crippen molar-refractivity contribution >= 4 is 21.4 Å². The van der Waals surface area contributed by atoms with Gasteiger partial charge >= 0.3 is 0 Å². The van der Waals surface area contributed by atoms with Gasteiger partial charge in [-0.05, 0) is 31.2 Å². The van der Waals surface area contributed by atoms with Crippen molar-refractivity contribution in [1.29, 1.82) is 0 Å². The maximum absolute atomic E-state index is 12.6. The number of hydrogen-bond donors (Lipinski definition) is 1. The number of benzene rings is 1. The standard InChI is InChI=1S/C17H22N4O4S/c1-4-20(5-2)26(24,25)14-9-10-16(17(12-14)21(22)23)19-13(3)15-8-6-7-11-18-15/h6-13,19H,4-5H2,1-3H3. The number of nitro groups is 1. The van der Waals surface area contributed by atoms with Crippen molar-refractivity contribution in [3.05, 3.63) is 58.4 Å². The van der Waals surface area contributed by atoms with Crippen LogP contribution in [0.1, 0.15) is 32.5 Å². The lowest BCUT2D eigenvalue weighted by Crippen LogP contribution is -2.30. The molecule has 0 radical (unpaired) electrons. The highest BCUT2D eigenvalue weighted by molar-refractivity contribution is 7.89. The Bertz CT molecular complexity index is 868. The molecule has 26 heavy (non-hydrogen) atoms. The van der Waals surface area contributed by atoms with Gasteiger partial charge in [0, 0.05) is 25.4 Å². The Labute approximate surface area is 153 Å². The molecule has 0 fully saturated rings. The maximum Gasteiger partial charge on any atom is 0.293 e. The molecule has 8 nitrogen and oxygen atoms in total. The molecular weight excluding hydrogens is 356 g/mol. The van der Waals surface area contributed by atoms with E-state index in [2.05, 4.69) is 10.3 Å². The number of aromatic nitrogens is 1. The lowest BCUT2D eigenvalue weighted by Gasteiger charge is -2.19. The summed E-state index contributed by atoms with van der Waals surface area (Å²) in [6.07, 6.45) is 1.64. The van der Waals surface area contributed by atoms with Crippen LogP contribution in [0, 0.1) is 10.1 Å². The summed E-state index contributed by atoms with van der Waals surface area (Å²) < 4.78 is 26.5. The van der Waals surface area contributed by atoms with E-state index in [1.165, 1.54) is 16.4 Å². The van der Waals surface area contributed by atoms with Crippen LogP contribution in [0.3, 0.4) is 0 Å². The summed E-state index contributed by atoms with van der Waals surface area (Å²) in [5.74, 6) is 0. The summed E-state index contributed by atoms with van der Waals surface area (Å²) in [4.78, 5) is 15.0. The number of nitrogens with zero attached hydrogens (tertiary/aromatic N) is 3. The monoisotopic (exact) mass is 378 g/mol. The molecule has 2 rings (SSSR count). The van der Waals surface area contributed by atoms with E-state index in [9.17, 15) is 18.5 Å². The molecule has 0 aliphatic heterocycles. The van der Waals surface area contributed by atoms with Crippen molar-refractivity contribution in [3.8, 4) is 0 Å². The number of nitro benzene ring substituents is 1. The highest BCUT2D eigenvalue weighted by Crippen LogP contribution is 2.31. The van der Waals surface area contributed by atoms with E-state index >= 15 is 0 Å². The first-order valence-corrected chi connectivity index (χ1v) is 9.71. The smallest absolute Gasteiger partial charge is 0.293 e. The fourth-order valence-electron chi connectivity index (χ4n) is 2.60. The molecule has 9 heteroatoms. The van der Waals surface area contributed by atoms with Gasteiger partial charge in [0.2, 0.25) is 10.0 Å². The minimum absolute atomic E-state index is 0.0936. The van der Waals surface area contributed by atoms with Crippen LogP contribution in [0.2, 0.25) is 0 Å². The van der Waals surface area contributed by atoms with Gasteiger partial charge in [-0.3, -0.25) is 15.1 Å². The number of anilines is 1. The van der Waals surface area contributed by atoms with Gasteiger partial charge in [-0.15, -0.1) is 0 Å². The predicted molar refractivity (Wildman–Crippen MR) is 99.5 cm³/mol. The molecule has 0 saturated heterocycles. The average molecular weight is 378 g/mol. The first-order chi connectivity index (χ1) is 12.3. The van der Waals surface area contributed by atoms with Crippen molar-refractivity contribution in [2.75, 3.05) is 18.4 Å². The van der Waals surface area contributed by atoms with Gasteiger partial charge in [-0.2, -0.15) is 4.31 Å². The van der Waals surface area contributed by atoms with Gasteiger partial charge < -0.3 is 5.32 Å². The van der Waals surface area contributed by atoms with Crippen LogP contribution in [0.25, 0.3) is 0 Å². The third kappa shape index (κ3) is 4.17. The normalized spacial score (nSPS) is 12.8. The van der Waals surface area contributed by atoms with E-state index in [1.807, 2.05) is 19.1 Å². The first-order valence-electron chi connectivity index (χ1n) is 8.27. The molecule has 0 amide bonds. The predicted octanol–water partition coefficient (Wildman–Crippen LogP) is 3.19. The van der Waals surface area contributed by atoms with Crippen LogP contribution in [0.4, 0.5) is 11.4 Å². The second-order valence-electron chi connectivity index (χ2n) is 5.65. The Balaban J connectivity index is 2.40. The second kappa shape index (κ2) is 8.24. The van der Waals surface area contributed by atoms with Crippen LogP contribution in [0.15, 0.2) is 47.5 Å². The minimum atomic E-state index is -3.77. The zero-order valence-electron chi connectivity index (χ0n) is 14.9. The van der Waals surface area contributed by atoms with Gasteiger partial charge in [0.1, 0.15) is 5.69 Å². The van der Waals surface area contributed by atoms with Crippen LogP contribution >= 0.6 is 0 Å². The average Bonchev–Trinajstić information content (AvgIpc) is 2.63. The molecule has 1 atom stereocenters. The lowest BCUT2D eigenvalue weighted by molar-refractivity contribution is -0.384. The number of pyridine rings is 1. The highest BCUT2D eigenvalue weighted by atomic mass is 32.2. The molecule has 0 saturated carbocycles. The van der Waals surface area contributed by atoms with Gasteiger partial charge in [0.05, 0.1) is 21.6 Å². The fraction of sp³-hybridized carbons (Fsp3) is 0.353. The van der Waals surface area contributed by atoms with Crippen LogP contribution in [0.5, 0.6) is 0 Å². The Hall–Kier alpha value is -2.52. The third-order valence-electron chi connectivity index (χ3n) is 4.01. The lowest BCUT2D eigenvalue weighted by atomic mass is 10.2. The molecule has 1 heterocycles. The Kier molecular flexibility index (Phi) is 6.27. The first kappa shape index (κ1) is 19.8. The van der Waals surface area contributed by atoms with Gasteiger partial charge in [-0.25, -0.2) is 8.42 Å². The van der Waals surface area contributed by atoms with Crippen molar-refractivity contribution in [2.45, 2.75) is 31.7 Å². The Morgan fingerprint density at radius 2 is 1.92 bits per heavy atom. The van der Waals surface area contributed by atoms with Gasteiger partial charge in [-0.1, -0.05) is 19.9 Å². The number of sulfonamides is 1.